The maximum Gasteiger partial charge on any atom is 0.0565 e. The van der Waals surface area contributed by atoms with Crippen LogP contribution in [0.4, 0.5) is 0 Å². The van der Waals surface area contributed by atoms with E-state index in [1.165, 1.54) is 24.5 Å². The first-order valence-corrected chi connectivity index (χ1v) is 7.78. The largest absolute Gasteiger partial charge is 0.329 e. The molecule has 0 amide bonds. The highest BCUT2D eigenvalue weighted by Gasteiger charge is 2.24. The number of nitrogens with zero attached hydrogens (tertiary/aromatic N) is 2. The highest BCUT2D eigenvalue weighted by Crippen LogP contribution is 2.25. The highest BCUT2D eigenvalue weighted by atomic mass is 32.1. The van der Waals surface area contributed by atoms with E-state index in [2.05, 4.69) is 41.2 Å². The van der Waals surface area contributed by atoms with Crippen LogP contribution in [0.2, 0.25) is 0 Å². The fourth-order valence-electron chi connectivity index (χ4n) is 2.70. The van der Waals surface area contributed by atoms with Gasteiger partial charge in [0.1, 0.15) is 0 Å². The molecule has 2 N–H and O–H groups in total. The molecule has 1 atom stereocenters. The van der Waals surface area contributed by atoms with Gasteiger partial charge in [-0.15, -0.1) is 11.3 Å². The van der Waals surface area contributed by atoms with Gasteiger partial charge < -0.3 is 10.6 Å². The van der Waals surface area contributed by atoms with E-state index in [0.717, 1.165) is 25.6 Å². The first-order chi connectivity index (χ1) is 8.70. The third kappa shape index (κ3) is 3.54. The Morgan fingerprint density at radius 1 is 1.28 bits per heavy atom. The van der Waals surface area contributed by atoms with Gasteiger partial charge >= 0.3 is 0 Å². The minimum atomic E-state index is 0.422. The van der Waals surface area contributed by atoms with Crippen LogP contribution in [0.15, 0.2) is 17.5 Å². The fraction of sp³-hybridized carbons (Fsp3) is 0.714. The molecule has 1 saturated heterocycles. The smallest absolute Gasteiger partial charge is 0.0565 e. The summed E-state index contributed by atoms with van der Waals surface area (Å²) < 4.78 is 0. The van der Waals surface area contributed by atoms with Gasteiger partial charge in [0.05, 0.1) is 6.04 Å². The van der Waals surface area contributed by atoms with Crippen LogP contribution in [0, 0.1) is 5.92 Å². The molecule has 1 aromatic heterocycles. The molecule has 0 bridgehead atoms. The van der Waals surface area contributed by atoms with Gasteiger partial charge in [-0.3, -0.25) is 4.90 Å². The molecule has 1 aliphatic heterocycles. The average molecular weight is 267 g/mol. The Morgan fingerprint density at radius 3 is 2.50 bits per heavy atom. The maximum absolute atomic E-state index is 5.96. The number of rotatable bonds is 5. The van der Waals surface area contributed by atoms with Crippen molar-refractivity contribution in [3.63, 3.8) is 0 Å². The minimum Gasteiger partial charge on any atom is -0.329 e. The summed E-state index contributed by atoms with van der Waals surface area (Å²) in [4.78, 5) is 6.53. The summed E-state index contributed by atoms with van der Waals surface area (Å²) in [7, 11) is 0. The summed E-state index contributed by atoms with van der Waals surface area (Å²) in [6.07, 6.45) is 0. The molecule has 0 aromatic carbocycles. The first-order valence-electron chi connectivity index (χ1n) is 6.90. The molecule has 0 radical (unpaired) electrons. The van der Waals surface area contributed by atoms with Crippen LogP contribution in [0.25, 0.3) is 0 Å². The molecule has 18 heavy (non-hydrogen) atoms. The van der Waals surface area contributed by atoms with Gasteiger partial charge in [-0.25, -0.2) is 0 Å². The fourth-order valence-corrected chi connectivity index (χ4v) is 3.57. The average Bonchev–Trinajstić information content (AvgIpc) is 2.85. The Morgan fingerprint density at radius 2 is 2.00 bits per heavy atom. The standard InChI is InChI=1S/C14H25N3S/c1-12(2)11-16-5-7-17(8-6-16)13(10-15)14-4-3-9-18-14/h3-4,9,12-13H,5-8,10-11,15H2,1-2H3. The van der Waals surface area contributed by atoms with E-state index in [1.54, 1.807) is 0 Å². The van der Waals surface area contributed by atoms with Crippen molar-refractivity contribution in [3.8, 4) is 0 Å². The maximum atomic E-state index is 5.96. The molecule has 0 saturated carbocycles. The zero-order valence-corrected chi connectivity index (χ0v) is 12.3. The van der Waals surface area contributed by atoms with Gasteiger partial charge in [0.25, 0.3) is 0 Å². The molecule has 0 spiro atoms. The van der Waals surface area contributed by atoms with E-state index in [4.69, 9.17) is 5.73 Å². The molecule has 3 nitrogen and oxygen atoms in total. The summed E-state index contributed by atoms with van der Waals surface area (Å²) >= 11 is 1.83. The Kier molecular flexibility index (Phi) is 5.18. The second-order valence-electron chi connectivity index (χ2n) is 5.50. The van der Waals surface area contributed by atoms with Gasteiger partial charge in [-0.2, -0.15) is 0 Å². The number of piperazine rings is 1. The van der Waals surface area contributed by atoms with Crippen LogP contribution < -0.4 is 5.73 Å². The third-order valence-electron chi connectivity index (χ3n) is 3.57. The van der Waals surface area contributed by atoms with Crippen LogP contribution >= 0.6 is 11.3 Å². The molecule has 2 heterocycles. The zero-order valence-electron chi connectivity index (χ0n) is 11.5. The predicted molar refractivity (Wildman–Crippen MR) is 79.0 cm³/mol. The monoisotopic (exact) mass is 267 g/mol. The summed E-state index contributed by atoms with van der Waals surface area (Å²) in [5.41, 5.74) is 5.96. The molecule has 0 aliphatic carbocycles. The molecule has 1 unspecified atom stereocenters. The minimum absolute atomic E-state index is 0.422. The number of hydrogen-bond donors (Lipinski definition) is 1. The van der Waals surface area contributed by atoms with Crippen molar-refractivity contribution in [3.05, 3.63) is 22.4 Å². The van der Waals surface area contributed by atoms with Gasteiger partial charge in [-0.05, 0) is 17.4 Å². The molecular formula is C14H25N3S. The molecule has 102 valence electrons. The lowest BCUT2D eigenvalue weighted by atomic mass is 10.1. The second-order valence-corrected chi connectivity index (χ2v) is 6.48. The molecule has 4 heteroatoms. The molecule has 1 aromatic rings. The SMILES string of the molecule is CC(C)CN1CCN(C(CN)c2cccs2)CC1. The third-order valence-corrected chi connectivity index (χ3v) is 4.54. The van der Waals surface area contributed by atoms with Crippen LogP contribution in [0.5, 0.6) is 0 Å². The van der Waals surface area contributed by atoms with E-state index in [0.29, 0.717) is 6.04 Å². The van der Waals surface area contributed by atoms with Crippen molar-refractivity contribution in [2.45, 2.75) is 19.9 Å². The van der Waals surface area contributed by atoms with E-state index < -0.39 is 0 Å². The van der Waals surface area contributed by atoms with E-state index in [9.17, 15) is 0 Å². The van der Waals surface area contributed by atoms with Crippen LogP contribution in [-0.4, -0.2) is 49.1 Å². The van der Waals surface area contributed by atoms with E-state index in [1.807, 2.05) is 11.3 Å². The predicted octanol–water partition coefficient (Wildman–Crippen LogP) is 2.02. The lowest BCUT2D eigenvalue weighted by Gasteiger charge is -2.39. The van der Waals surface area contributed by atoms with Crippen LogP contribution in [0.1, 0.15) is 24.8 Å². The topological polar surface area (TPSA) is 32.5 Å². The first kappa shape index (κ1) is 14.0. The number of nitrogens with two attached hydrogens (primary N) is 1. The van der Waals surface area contributed by atoms with Crippen LogP contribution in [0.3, 0.4) is 0 Å². The summed E-state index contributed by atoms with van der Waals surface area (Å²) in [6, 6.07) is 4.76. The second kappa shape index (κ2) is 6.66. The van der Waals surface area contributed by atoms with Gasteiger partial charge in [-0.1, -0.05) is 19.9 Å². The van der Waals surface area contributed by atoms with E-state index in [-0.39, 0.29) is 0 Å². The molecular weight excluding hydrogens is 242 g/mol. The lowest BCUT2D eigenvalue weighted by Crippen LogP contribution is -2.49. The Hall–Kier alpha value is -0.420. The lowest BCUT2D eigenvalue weighted by molar-refractivity contribution is 0.0924. The number of hydrogen-bond acceptors (Lipinski definition) is 4. The normalized spacial score (nSPS) is 20.4. The summed E-state index contributed by atoms with van der Waals surface area (Å²) in [6.45, 7) is 11.2. The summed E-state index contributed by atoms with van der Waals surface area (Å²) in [5.74, 6) is 0.763. The highest BCUT2D eigenvalue weighted by molar-refractivity contribution is 7.10. The van der Waals surface area contributed by atoms with Crippen LogP contribution in [-0.2, 0) is 0 Å². The van der Waals surface area contributed by atoms with Crippen molar-refractivity contribution in [2.75, 3.05) is 39.3 Å². The molecule has 2 rings (SSSR count). The quantitative estimate of drug-likeness (QED) is 0.886. The van der Waals surface area contributed by atoms with Crippen molar-refractivity contribution < 1.29 is 0 Å². The van der Waals surface area contributed by atoms with Crippen molar-refractivity contribution in [1.29, 1.82) is 0 Å². The van der Waals surface area contributed by atoms with Crippen molar-refractivity contribution >= 4 is 11.3 Å². The molecule has 1 fully saturated rings. The van der Waals surface area contributed by atoms with Crippen molar-refractivity contribution in [1.82, 2.24) is 9.80 Å². The van der Waals surface area contributed by atoms with Gasteiger partial charge in [0.2, 0.25) is 0 Å². The summed E-state index contributed by atoms with van der Waals surface area (Å²) in [5, 5.41) is 2.15. The molecule has 1 aliphatic rings. The van der Waals surface area contributed by atoms with Gasteiger partial charge in [0.15, 0.2) is 0 Å². The van der Waals surface area contributed by atoms with E-state index >= 15 is 0 Å². The Bertz CT molecular complexity index is 329. The Balaban J connectivity index is 1.88. The van der Waals surface area contributed by atoms with Gasteiger partial charge in [0, 0.05) is 44.1 Å². The number of thiophene rings is 1. The zero-order chi connectivity index (χ0) is 13.0. The van der Waals surface area contributed by atoms with Crippen molar-refractivity contribution in [2.24, 2.45) is 11.7 Å². The Labute approximate surface area is 115 Å².